The first kappa shape index (κ1) is 29.3. The number of methoxy groups -OCH3 is 1. The maximum absolute atomic E-state index is 13.9. The fourth-order valence-corrected chi connectivity index (χ4v) is 5.17. The molecule has 0 spiro atoms. The first-order valence-corrected chi connectivity index (χ1v) is 12.7. The van der Waals surface area contributed by atoms with Crippen molar-refractivity contribution >= 4 is 16.8 Å². The van der Waals surface area contributed by atoms with Gasteiger partial charge in [0, 0.05) is 42.4 Å². The van der Waals surface area contributed by atoms with Crippen LogP contribution in [-0.2, 0) is 11.5 Å². The summed E-state index contributed by atoms with van der Waals surface area (Å²) in [7, 11) is 1.50. The summed E-state index contributed by atoms with van der Waals surface area (Å²) in [6.45, 7) is 0.0896. The molecule has 11 heteroatoms. The zero-order chi connectivity index (χ0) is 28.9. The molecule has 4 rings (SSSR count). The van der Waals surface area contributed by atoms with Crippen molar-refractivity contribution in [1.29, 1.82) is 0 Å². The summed E-state index contributed by atoms with van der Waals surface area (Å²) in [5.41, 5.74) is 1.37. The summed E-state index contributed by atoms with van der Waals surface area (Å²) >= 11 is 0. The van der Waals surface area contributed by atoms with Crippen LogP contribution >= 0.6 is 0 Å². The lowest BCUT2D eigenvalue weighted by Gasteiger charge is -2.40. The van der Waals surface area contributed by atoms with Crippen LogP contribution in [0.4, 0.5) is 17.6 Å². The molecule has 40 heavy (non-hydrogen) atoms. The highest BCUT2D eigenvalue weighted by atomic mass is 19.1. The van der Waals surface area contributed by atoms with Crippen LogP contribution in [0.3, 0.4) is 0 Å². The van der Waals surface area contributed by atoms with Crippen molar-refractivity contribution in [2.45, 2.75) is 38.5 Å². The van der Waals surface area contributed by atoms with Crippen LogP contribution in [0.5, 0.6) is 5.75 Å². The molecular formula is C29H29F4N3O4. The summed E-state index contributed by atoms with van der Waals surface area (Å²) in [6, 6.07) is 6.23. The molecular weight excluding hydrogens is 530 g/mol. The van der Waals surface area contributed by atoms with Crippen molar-refractivity contribution in [3.8, 4) is 17.6 Å². The SMILES string of the molecule is COc1ccc2ncc(CF)c([C@H](O)CCC3(C(=O)NO)CCN(CC#Cc4c(F)cc(F)cc4F)CC3)c2c1. The van der Waals surface area contributed by atoms with E-state index in [4.69, 9.17) is 4.74 Å². The van der Waals surface area contributed by atoms with Crippen LogP contribution in [0.15, 0.2) is 36.5 Å². The van der Waals surface area contributed by atoms with Gasteiger partial charge in [-0.05, 0) is 49.4 Å². The van der Waals surface area contributed by atoms with E-state index in [1.54, 1.807) is 23.7 Å². The molecule has 0 unspecified atom stereocenters. The van der Waals surface area contributed by atoms with Crippen LogP contribution < -0.4 is 10.2 Å². The Labute approximate surface area is 228 Å². The van der Waals surface area contributed by atoms with Crippen molar-refractivity contribution in [3.63, 3.8) is 0 Å². The zero-order valence-corrected chi connectivity index (χ0v) is 21.8. The number of pyridine rings is 1. The number of alkyl halides is 1. The van der Waals surface area contributed by atoms with E-state index in [2.05, 4.69) is 16.8 Å². The highest BCUT2D eigenvalue weighted by molar-refractivity contribution is 5.85. The summed E-state index contributed by atoms with van der Waals surface area (Å²) < 4.78 is 59.9. The molecule has 1 saturated heterocycles. The molecule has 1 aliphatic rings. The van der Waals surface area contributed by atoms with Gasteiger partial charge in [0.25, 0.3) is 0 Å². The third-order valence-electron chi connectivity index (χ3n) is 7.49. The van der Waals surface area contributed by atoms with Crippen molar-refractivity contribution in [3.05, 3.63) is 70.7 Å². The molecule has 1 amide bonds. The number of nitrogens with zero attached hydrogens (tertiary/aromatic N) is 2. The highest BCUT2D eigenvalue weighted by Crippen LogP contribution is 2.40. The van der Waals surface area contributed by atoms with Gasteiger partial charge < -0.3 is 9.84 Å². The number of rotatable bonds is 8. The Hall–Kier alpha value is -3.72. The number of carbonyl (C=O) groups is 1. The van der Waals surface area contributed by atoms with Crippen LogP contribution in [0.1, 0.15) is 48.5 Å². The molecule has 1 fully saturated rings. The fourth-order valence-electron chi connectivity index (χ4n) is 5.17. The van der Waals surface area contributed by atoms with Gasteiger partial charge in [-0.3, -0.25) is 19.9 Å². The number of piperidine rings is 1. The normalized spacial score (nSPS) is 15.8. The minimum absolute atomic E-state index is 0.111. The molecule has 1 aromatic heterocycles. The number of aliphatic hydroxyl groups is 1. The zero-order valence-electron chi connectivity index (χ0n) is 21.8. The third kappa shape index (κ3) is 6.20. The summed E-state index contributed by atoms with van der Waals surface area (Å²) in [5, 5.41) is 21.2. The Balaban J connectivity index is 1.47. The number of aliphatic hydroxyl groups excluding tert-OH is 1. The number of carbonyl (C=O) groups excluding carboxylic acids is 1. The number of halogens is 4. The van der Waals surface area contributed by atoms with Crippen LogP contribution in [0, 0.1) is 34.7 Å². The third-order valence-corrected chi connectivity index (χ3v) is 7.49. The van der Waals surface area contributed by atoms with E-state index in [1.165, 1.54) is 13.3 Å². The summed E-state index contributed by atoms with van der Waals surface area (Å²) in [6.07, 6.45) is 1.20. The summed E-state index contributed by atoms with van der Waals surface area (Å²) in [5.74, 6) is 1.81. The molecule has 212 valence electrons. The number of benzene rings is 2. The number of nitrogens with one attached hydrogen (secondary N) is 1. The van der Waals surface area contributed by atoms with Gasteiger partial charge in [-0.25, -0.2) is 23.0 Å². The second kappa shape index (κ2) is 12.6. The monoisotopic (exact) mass is 559 g/mol. The van der Waals surface area contributed by atoms with E-state index in [1.807, 2.05) is 4.90 Å². The molecule has 0 bridgehead atoms. The number of hydrogen-bond donors (Lipinski definition) is 3. The minimum Gasteiger partial charge on any atom is -0.497 e. The van der Waals surface area contributed by atoms with Gasteiger partial charge in [-0.2, -0.15) is 0 Å². The maximum Gasteiger partial charge on any atom is 0.249 e. The topological polar surface area (TPSA) is 94.9 Å². The largest absolute Gasteiger partial charge is 0.497 e. The highest BCUT2D eigenvalue weighted by Gasteiger charge is 2.41. The number of aromatic nitrogens is 1. The minimum atomic E-state index is -1.11. The van der Waals surface area contributed by atoms with E-state index in [0.29, 0.717) is 60.3 Å². The van der Waals surface area contributed by atoms with E-state index < -0.39 is 47.1 Å². The van der Waals surface area contributed by atoms with E-state index in [-0.39, 0.29) is 24.9 Å². The molecule has 1 aliphatic heterocycles. The van der Waals surface area contributed by atoms with Crippen molar-refractivity contribution in [2.75, 3.05) is 26.7 Å². The number of amides is 1. The molecule has 2 aromatic carbocycles. The van der Waals surface area contributed by atoms with Crippen molar-refractivity contribution in [2.24, 2.45) is 5.41 Å². The Morgan fingerprint density at radius 2 is 1.90 bits per heavy atom. The lowest BCUT2D eigenvalue weighted by Crippen LogP contribution is -2.48. The van der Waals surface area contributed by atoms with E-state index in [0.717, 1.165) is 0 Å². The van der Waals surface area contributed by atoms with Gasteiger partial charge in [-0.15, -0.1) is 0 Å². The maximum atomic E-state index is 13.9. The number of hydroxylamine groups is 1. The lowest BCUT2D eigenvalue weighted by atomic mass is 9.73. The molecule has 3 N–H and O–H groups in total. The fraction of sp³-hybridized carbons (Fsp3) is 0.379. The molecule has 0 aliphatic carbocycles. The predicted octanol–water partition coefficient (Wildman–Crippen LogP) is 4.58. The van der Waals surface area contributed by atoms with E-state index in [9.17, 15) is 32.7 Å². The Kier molecular flexibility index (Phi) is 9.25. The average molecular weight is 560 g/mol. The first-order chi connectivity index (χ1) is 19.2. The molecule has 0 radical (unpaired) electrons. The smallest absolute Gasteiger partial charge is 0.249 e. The number of fused-ring (bicyclic) bond motifs is 1. The standard InChI is InChI=1S/C29H29F4N3O4/c1-40-20-4-5-25-22(15-20)27(18(16-30)17-34-25)26(37)6-7-29(28(38)35-39)8-11-36(12-9-29)10-2-3-21-23(32)13-19(31)14-24(21)33/h4-5,13-15,17,26,37,39H,6-12,16H2,1H3,(H,35,38)/t26-/m1/s1. The Bertz CT molecular complexity index is 1420. The molecule has 3 aromatic rings. The number of ether oxygens (including phenoxy) is 1. The van der Waals surface area contributed by atoms with E-state index >= 15 is 0 Å². The second-order valence-corrected chi connectivity index (χ2v) is 9.81. The van der Waals surface area contributed by atoms with Gasteiger partial charge in [0.2, 0.25) is 5.91 Å². The van der Waals surface area contributed by atoms with Gasteiger partial charge >= 0.3 is 0 Å². The number of hydrogen-bond acceptors (Lipinski definition) is 6. The quantitative estimate of drug-likeness (QED) is 0.162. The van der Waals surface area contributed by atoms with Crippen LogP contribution in [-0.4, -0.2) is 52.8 Å². The lowest BCUT2D eigenvalue weighted by molar-refractivity contribution is -0.143. The van der Waals surface area contributed by atoms with Crippen molar-refractivity contribution < 1.29 is 37.4 Å². The van der Waals surface area contributed by atoms with Gasteiger partial charge in [0.15, 0.2) is 0 Å². The number of likely N-dealkylation sites (tertiary alicyclic amines) is 1. The second-order valence-electron chi connectivity index (χ2n) is 9.81. The van der Waals surface area contributed by atoms with Gasteiger partial charge in [0.05, 0.1) is 36.3 Å². The summed E-state index contributed by atoms with van der Waals surface area (Å²) in [4.78, 5) is 18.9. The van der Waals surface area contributed by atoms with Crippen molar-refractivity contribution in [1.82, 2.24) is 15.4 Å². The average Bonchev–Trinajstić information content (AvgIpc) is 2.96. The molecule has 0 saturated carbocycles. The first-order valence-electron chi connectivity index (χ1n) is 12.7. The molecule has 1 atom stereocenters. The molecule has 2 heterocycles. The Morgan fingerprint density at radius 3 is 2.52 bits per heavy atom. The predicted molar refractivity (Wildman–Crippen MR) is 139 cm³/mol. The van der Waals surface area contributed by atoms with Gasteiger partial charge in [0.1, 0.15) is 29.9 Å². The van der Waals surface area contributed by atoms with Crippen LogP contribution in [0.2, 0.25) is 0 Å². The molecule has 7 nitrogen and oxygen atoms in total. The van der Waals surface area contributed by atoms with Crippen LogP contribution in [0.25, 0.3) is 10.9 Å². The Morgan fingerprint density at radius 1 is 1.20 bits per heavy atom. The van der Waals surface area contributed by atoms with Gasteiger partial charge in [-0.1, -0.05) is 11.8 Å².